The van der Waals surface area contributed by atoms with Crippen molar-refractivity contribution < 1.29 is 14.0 Å². The van der Waals surface area contributed by atoms with Crippen LogP contribution < -0.4 is 4.57 Å². The van der Waals surface area contributed by atoms with E-state index in [-0.39, 0.29) is 0 Å². The number of aromatic nitrogens is 2. The molecule has 0 bridgehead atoms. The predicted molar refractivity (Wildman–Crippen MR) is 58.0 cm³/mol. The maximum absolute atomic E-state index is 5.25. The zero-order valence-electron chi connectivity index (χ0n) is 9.76. The van der Waals surface area contributed by atoms with Gasteiger partial charge in [-0.25, -0.2) is 9.13 Å². The summed E-state index contributed by atoms with van der Waals surface area (Å²) in [5.74, 6) is 0. The van der Waals surface area contributed by atoms with Crippen molar-refractivity contribution >= 4 is 0 Å². The third-order valence-corrected chi connectivity index (χ3v) is 3.26. The Morgan fingerprint density at radius 3 is 2.69 bits per heavy atom. The Bertz CT molecular complexity index is 334. The van der Waals surface area contributed by atoms with Gasteiger partial charge in [0, 0.05) is 12.8 Å². The molecule has 1 aromatic rings. The number of aryl methyl sites for hydroxylation is 3. The molecule has 0 N–H and O–H groups in total. The predicted octanol–water partition coefficient (Wildman–Crippen LogP) is 0.433. The monoisotopic (exact) mass is 223 g/mol. The Morgan fingerprint density at radius 2 is 2.00 bits per heavy atom. The van der Waals surface area contributed by atoms with Crippen molar-refractivity contribution in [3.63, 3.8) is 0 Å². The van der Waals surface area contributed by atoms with Crippen LogP contribution in [0.15, 0.2) is 12.5 Å². The minimum atomic E-state index is 0.521. The highest BCUT2D eigenvalue weighted by Gasteiger charge is 2.26. The lowest BCUT2D eigenvalue weighted by molar-refractivity contribution is -0.671. The largest absolute Gasteiger partial charge is 0.373 e. The SMILES string of the molecule is C[n+]1cc(CCC2CO2)n(CCC2CO2)c1. The molecule has 0 spiro atoms. The molecule has 2 saturated heterocycles. The summed E-state index contributed by atoms with van der Waals surface area (Å²) in [4.78, 5) is 0. The number of rotatable bonds is 6. The summed E-state index contributed by atoms with van der Waals surface area (Å²) >= 11 is 0. The summed E-state index contributed by atoms with van der Waals surface area (Å²) in [6.45, 7) is 2.99. The van der Waals surface area contributed by atoms with Crippen molar-refractivity contribution in [3.8, 4) is 0 Å². The highest BCUT2D eigenvalue weighted by Crippen LogP contribution is 2.18. The molecule has 1 aromatic heterocycles. The van der Waals surface area contributed by atoms with E-state index in [1.165, 1.54) is 5.69 Å². The molecule has 88 valence electrons. The summed E-state index contributed by atoms with van der Waals surface area (Å²) < 4.78 is 15.0. The van der Waals surface area contributed by atoms with Crippen LogP contribution in [0.1, 0.15) is 18.5 Å². The summed E-state index contributed by atoms with van der Waals surface area (Å²) in [5, 5.41) is 0. The molecule has 0 aromatic carbocycles. The average molecular weight is 223 g/mol. The van der Waals surface area contributed by atoms with Crippen LogP contribution >= 0.6 is 0 Å². The Kier molecular flexibility index (Phi) is 2.69. The molecule has 2 unspecified atom stereocenters. The summed E-state index contributed by atoms with van der Waals surface area (Å²) in [6.07, 6.45) is 8.86. The standard InChI is InChI=1S/C12H19N2O2/c1-13-6-10(2-3-11-7-15-11)14(9-13)5-4-12-8-16-12/h6,9,11-12H,2-5,7-8H2,1H3/q+1. The first kappa shape index (κ1) is 10.3. The average Bonchev–Trinajstić information content (AvgIpc) is 3.14. The van der Waals surface area contributed by atoms with Gasteiger partial charge in [0.25, 0.3) is 0 Å². The zero-order valence-corrected chi connectivity index (χ0v) is 9.76. The van der Waals surface area contributed by atoms with E-state index in [0.29, 0.717) is 12.2 Å². The highest BCUT2D eigenvalue weighted by atomic mass is 16.6. The molecule has 0 radical (unpaired) electrons. The van der Waals surface area contributed by atoms with Crippen LogP contribution in [0.3, 0.4) is 0 Å². The Labute approximate surface area is 95.8 Å². The van der Waals surface area contributed by atoms with E-state index in [1.807, 2.05) is 0 Å². The topological polar surface area (TPSA) is 33.9 Å². The third kappa shape index (κ3) is 2.62. The summed E-state index contributed by atoms with van der Waals surface area (Å²) in [7, 11) is 2.08. The second-order valence-corrected chi connectivity index (χ2v) is 4.83. The summed E-state index contributed by atoms with van der Waals surface area (Å²) in [5.41, 5.74) is 1.42. The van der Waals surface area contributed by atoms with Crippen molar-refractivity contribution in [3.05, 3.63) is 18.2 Å². The number of hydrogen-bond acceptors (Lipinski definition) is 2. The molecular formula is C12H19N2O2+. The van der Waals surface area contributed by atoms with Gasteiger partial charge < -0.3 is 9.47 Å². The van der Waals surface area contributed by atoms with Crippen LogP contribution in [0.2, 0.25) is 0 Å². The first-order valence-corrected chi connectivity index (χ1v) is 6.09. The van der Waals surface area contributed by atoms with Crippen molar-refractivity contribution in [2.75, 3.05) is 13.2 Å². The fourth-order valence-corrected chi connectivity index (χ4v) is 2.11. The van der Waals surface area contributed by atoms with Crippen molar-refractivity contribution in [1.82, 2.24) is 4.57 Å². The van der Waals surface area contributed by atoms with Gasteiger partial charge in [0.1, 0.15) is 11.9 Å². The van der Waals surface area contributed by atoms with Gasteiger partial charge in [-0.2, -0.15) is 0 Å². The Morgan fingerprint density at radius 1 is 1.31 bits per heavy atom. The van der Waals surface area contributed by atoms with E-state index in [1.54, 1.807) is 0 Å². The molecule has 3 heterocycles. The van der Waals surface area contributed by atoms with Gasteiger partial charge in [-0.15, -0.1) is 0 Å². The van der Waals surface area contributed by atoms with E-state index < -0.39 is 0 Å². The number of ether oxygens (including phenoxy) is 2. The van der Waals surface area contributed by atoms with E-state index in [9.17, 15) is 0 Å². The summed E-state index contributed by atoms with van der Waals surface area (Å²) in [6, 6.07) is 0. The fraction of sp³-hybridized carbons (Fsp3) is 0.750. The molecule has 3 rings (SSSR count). The molecule has 4 nitrogen and oxygen atoms in total. The molecule has 0 amide bonds. The normalized spacial score (nSPS) is 27.1. The van der Waals surface area contributed by atoms with E-state index in [2.05, 4.69) is 28.7 Å². The van der Waals surface area contributed by atoms with Gasteiger partial charge in [0.2, 0.25) is 6.33 Å². The second kappa shape index (κ2) is 4.18. The zero-order chi connectivity index (χ0) is 11.0. The van der Waals surface area contributed by atoms with Gasteiger partial charge in [-0.3, -0.25) is 0 Å². The Hall–Kier alpha value is -0.870. The maximum Gasteiger partial charge on any atom is 0.243 e. The third-order valence-electron chi connectivity index (χ3n) is 3.26. The quantitative estimate of drug-likeness (QED) is 0.518. The lowest BCUT2D eigenvalue weighted by Gasteiger charge is -1.99. The van der Waals surface area contributed by atoms with Crippen LogP contribution in [0.25, 0.3) is 0 Å². The minimum Gasteiger partial charge on any atom is -0.373 e. The number of imidazole rings is 1. The van der Waals surface area contributed by atoms with Gasteiger partial charge in [-0.05, 0) is 6.42 Å². The van der Waals surface area contributed by atoms with Crippen LogP contribution in [0.5, 0.6) is 0 Å². The number of hydrogen-bond donors (Lipinski definition) is 0. The highest BCUT2D eigenvalue weighted by molar-refractivity contribution is 4.96. The van der Waals surface area contributed by atoms with E-state index >= 15 is 0 Å². The lowest BCUT2D eigenvalue weighted by atomic mass is 10.2. The van der Waals surface area contributed by atoms with Crippen molar-refractivity contribution in [2.24, 2.45) is 7.05 Å². The molecule has 2 fully saturated rings. The lowest BCUT2D eigenvalue weighted by Crippen LogP contribution is -2.23. The molecule has 0 aliphatic carbocycles. The van der Waals surface area contributed by atoms with Crippen molar-refractivity contribution in [2.45, 2.75) is 38.0 Å². The molecular weight excluding hydrogens is 204 g/mol. The van der Waals surface area contributed by atoms with Crippen LogP contribution in [0.4, 0.5) is 0 Å². The first-order valence-electron chi connectivity index (χ1n) is 6.09. The smallest absolute Gasteiger partial charge is 0.243 e. The van der Waals surface area contributed by atoms with E-state index in [4.69, 9.17) is 9.47 Å². The molecule has 2 aliphatic rings. The van der Waals surface area contributed by atoms with Crippen LogP contribution in [-0.4, -0.2) is 30.0 Å². The Balaban J connectivity index is 1.58. The molecule has 4 heteroatoms. The fourth-order valence-electron chi connectivity index (χ4n) is 2.11. The number of nitrogens with zero attached hydrogens (tertiary/aromatic N) is 2. The molecule has 16 heavy (non-hydrogen) atoms. The van der Waals surface area contributed by atoms with Gasteiger partial charge in [0.15, 0.2) is 0 Å². The van der Waals surface area contributed by atoms with Gasteiger partial charge >= 0.3 is 0 Å². The first-order chi connectivity index (χ1) is 7.81. The maximum atomic E-state index is 5.25. The minimum absolute atomic E-state index is 0.521. The molecule has 2 atom stereocenters. The number of epoxide rings is 2. The molecule has 0 saturated carbocycles. The van der Waals surface area contributed by atoms with Crippen LogP contribution in [0, 0.1) is 0 Å². The second-order valence-electron chi connectivity index (χ2n) is 4.83. The molecule has 2 aliphatic heterocycles. The van der Waals surface area contributed by atoms with Gasteiger partial charge in [0.05, 0.1) is 39.0 Å². The van der Waals surface area contributed by atoms with Crippen molar-refractivity contribution in [1.29, 1.82) is 0 Å². The van der Waals surface area contributed by atoms with Crippen LogP contribution in [-0.2, 0) is 29.5 Å². The van der Waals surface area contributed by atoms with E-state index in [0.717, 1.165) is 39.0 Å². The van der Waals surface area contributed by atoms with Gasteiger partial charge in [-0.1, -0.05) is 0 Å².